The second kappa shape index (κ2) is 8.78. The second-order valence-corrected chi connectivity index (χ2v) is 5.39. The first-order valence-corrected chi connectivity index (χ1v) is 6.99. The van der Waals surface area contributed by atoms with E-state index in [9.17, 15) is 0 Å². The molecule has 0 saturated heterocycles. The predicted octanol–water partition coefficient (Wildman–Crippen LogP) is 4.39. The Kier molecular flexibility index (Phi) is 7.35. The van der Waals surface area contributed by atoms with Gasteiger partial charge in [-0.3, -0.25) is 0 Å². The summed E-state index contributed by atoms with van der Waals surface area (Å²) in [4.78, 5) is 2.28. The maximum absolute atomic E-state index is 2.28. The summed E-state index contributed by atoms with van der Waals surface area (Å²) in [7, 11) is 4.30. The van der Waals surface area contributed by atoms with E-state index in [1.807, 2.05) is 0 Å². The van der Waals surface area contributed by atoms with E-state index in [0.717, 1.165) is 13.0 Å². The van der Waals surface area contributed by atoms with Crippen LogP contribution in [-0.4, -0.2) is 25.5 Å². The van der Waals surface area contributed by atoms with Crippen LogP contribution < -0.4 is 0 Å². The number of halogens is 1. The molecular formula is C18H24ClN. The van der Waals surface area contributed by atoms with Gasteiger partial charge in [0.1, 0.15) is 0 Å². The van der Waals surface area contributed by atoms with Crippen molar-refractivity contribution in [3.63, 3.8) is 0 Å². The van der Waals surface area contributed by atoms with Crippen LogP contribution >= 0.6 is 12.4 Å². The fourth-order valence-corrected chi connectivity index (χ4v) is 2.51. The van der Waals surface area contributed by atoms with Crippen LogP contribution in [0, 0.1) is 0 Å². The summed E-state index contributed by atoms with van der Waals surface area (Å²) in [5, 5.41) is 0. The molecule has 1 atom stereocenters. The zero-order chi connectivity index (χ0) is 13.5. The third-order valence-electron chi connectivity index (χ3n) is 3.48. The molecule has 0 amide bonds. The Labute approximate surface area is 129 Å². The van der Waals surface area contributed by atoms with Crippen LogP contribution in [0.25, 0.3) is 0 Å². The van der Waals surface area contributed by atoms with Crippen molar-refractivity contribution < 1.29 is 0 Å². The number of rotatable bonds is 6. The fraction of sp³-hybridized carbons (Fsp3) is 0.333. The number of likely N-dealkylation sites (N-methyl/N-ethyl adjacent to an activating group) is 1. The summed E-state index contributed by atoms with van der Waals surface area (Å²) in [6, 6.07) is 21.6. The quantitative estimate of drug-likeness (QED) is 0.762. The number of hydrogen-bond donors (Lipinski definition) is 0. The van der Waals surface area contributed by atoms with E-state index >= 15 is 0 Å². The van der Waals surface area contributed by atoms with E-state index in [0.29, 0.717) is 5.92 Å². The molecule has 0 aromatic heterocycles. The smallest absolute Gasteiger partial charge is 0.00443 e. The van der Waals surface area contributed by atoms with Crippen LogP contribution in [-0.2, 0) is 6.42 Å². The number of hydrogen-bond acceptors (Lipinski definition) is 1. The minimum absolute atomic E-state index is 0. The largest absolute Gasteiger partial charge is 0.309 e. The van der Waals surface area contributed by atoms with Crippen molar-refractivity contribution in [2.45, 2.75) is 18.8 Å². The highest BCUT2D eigenvalue weighted by Gasteiger charge is 2.12. The van der Waals surface area contributed by atoms with E-state index in [4.69, 9.17) is 0 Å². The Morgan fingerprint density at radius 1 is 0.850 bits per heavy atom. The van der Waals surface area contributed by atoms with Gasteiger partial charge in [-0.05, 0) is 44.0 Å². The third kappa shape index (κ3) is 5.36. The normalized spacial score (nSPS) is 11.9. The Morgan fingerprint density at radius 2 is 1.40 bits per heavy atom. The Bertz CT molecular complexity index is 467. The molecule has 0 heterocycles. The lowest BCUT2D eigenvalue weighted by Crippen LogP contribution is -2.20. The van der Waals surface area contributed by atoms with E-state index in [2.05, 4.69) is 79.7 Å². The van der Waals surface area contributed by atoms with E-state index < -0.39 is 0 Å². The lowest BCUT2D eigenvalue weighted by molar-refractivity contribution is 0.363. The van der Waals surface area contributed by atoms with E-state index in [-0.39, 0.29) is 12.4 Å². The SMILES string of the molecule is CN(C)CC(CCc1ccccc1)c1ccccc1.Cl. The lowest BCUT2D eigenvalue weighted by atomic mass is 9.92. The van der Waals surface area contributed by atoms with Crippen LogP contribution in [0.15, 0.2) is 60.7 Å². The maximum atomic E-state index is 2.28. The molecular weight excluding hydrogens is 266 g/mol. The highest BCUT2D eigenvalue weighted by atomic mass is 35.5. The molecule has 0 saturated carbocycles. The fourth-order valence-electron chi connectivity index (χ4n) is 2.51. The molecule has 2 rings (SSSR count). The van der Waals surface area contributed by atoms with Crippen molar-refractivity contribution in [2.24, 2.45) is 0 Å². The van der Waals surface area contributed by atoms with Gasteiger partial charge in [-0.1, -0.05) is 60.7 Å². The maximum Gasteiger partial charge on any atom is 0.00443 e. The van der Waals surface area contributed by atoms with Crippen molar-refractivity contribution in [3.8, 4) is 0 Å². The molecule has 1 unspecified atom stereocenters. The summed E-state index contributed by atoms with van der Waals surface area (Å²) < 4.78 is 0. The number of benzene rings is 2. The number of nitrogens with zero attached hydrogens (tertiary/aromatic N) is 1. The van der Waals surface area contributed by atoms with Crippen molar-refractivity contribution in [2.75, 3.05) is 20.6 Å². The Hall–Kier alpha value is -1.31. The molecule has 0 radical (unpaired) electrons. The molecule has 1 nitrogen and oxygen atoms in total. The van der Waals surface area contributed by atoms with Gasteiger partial charge < -0.3 is 4.90 Å². The average molecular weight is 290 g/mol. The summed E-state index contributed by atoms with van der Waals surface area (Å²) >= 11 is 0. The van der Waals surface area contributed by atoms with Crippen molar-refractivity contribution in [3.05, 3.63) is 71.8 Å². The molecule has 2 heteroatoms. The Morgan fingerprint density at radius 3 is 1.95 bits per heavy atom. The zero-order valence-electron chi connectivity index (χ0n) is 12.3. The zero-order valence-corrected chi connectivity index (χ0v) is 13.1. The molecule has 20 heavy (non-hydrogen) atoms. The molecule has 0 fully saturated rings. The van der Waals surface area contributed by atoms with Crippen LogP contribution in [0.1, 0.15) is 23.5 Å². The molecule has 0 aliphatic rings. The number of aryl methyl sites for hydroxylation is 1. The predicted molar refractivity (Wildman–Crippen MR) is 89.7 cm³/mol. The van der Waals surface area contributed by atoms with Gasteiger partial charge in [-0.2, -0.15) is 0 Å². The van der Waals surface area contributed by atoms with E-state index in [1.165, 1.54) is 17.5 Å². The molecule has 0 aliphatic carbocycles. The van der Waals surface area contributed by atoms with E-state index in [1.54, 1.807) is 0 Å². The Balaban J connectivity index is 0.00000200. The topological polar surface area (TPSA) is 3.24 Å². The van der Waals surface area contributed by atoms with Crippen molar-refractivity contribution in [1.29, 1.82) is 0 Å². The van der Waals surface area contributed by atoms with Crippen molar-refractivity contribution in [1.82, 2.24) is 4.90 Å². The molecule has 0 aliphatic heterocycles. The first kappa shape index (κ1) is 16.7. The summed E-state index contributed by atoms with van der Waals surface area (Å²) in [5.41, 5.74) is 2.88. The lowest BCUT2D eigenvalue weighted by Gasteiger charge is -2.21. The minimum atomic E-state index is 0. The van der Waals surface area contributed by atoms with Gasteiger partial charge in [0.25, 0.3) is 0 Å². The van der Waals surface area contributed by atoms with Crippen LogP contribution in [0.3, 0.4) is 0 Å². The standard InChI is InChI=1S/C18H23N.ClH/c1-19(2)15-18(17-11-7-4-8-12-17)14-13-16-9-5-3-6-10-16;/h3-12,18H,13-15H2,1-2H3;1H. The van der Waals surface area contributed by atoms with Gasteiger partial charge in [0.15, 0.2) is 0 Å². The molecule has 2 aromatic rings. The molecule has 0 N–H and O–H groups in total. The highest BCUT2D eigenvalue weighted by Crippen LogP contribution is 2.22. The van der Waals surface area contributed by atoms with Gasteiger partial charge in [0.05, 0.1) is 0 Å². The van der Waals surface area contributed by atoms with Gasteiger partial charge in [-0.25, -0.2) is 0 Å². The first-order chi connectivity index (χ1) is 9.25. The van der Waals surface area contributed by atoms with Gasteiger partial charge in [0.2, 0.25) is 0 Å². The van der Waals surface area contributed by atoms with Gasteiger partial charge in [-0.15, -0.1) is 12.4 Å². The summed E-state index contributed by atoms with van der Waals surface area (Å²) in [6.45, 7) is 1.11. The van der Waals surface area contributed by atoms with Crippen LogP contribution in [0.5, 0.6) is 0 Å². The molecule has 108 valence electrons. The van der Waals surface area contributed by atoms with Crippen LogP contribution in [0.2, 0.25) is 0 Å². The monoisotopic (exact) mass is 289 g/mol. The van der Waals surface area contributed by atoms with Gasteiger partial charge >= 0.3 is 0 Å². The molecule has 0 spiro atoms. The first-order valence-electron chi connectivity index (χ1n) is 6.99. The van der Waals surface area contributed by atoms with Crippen molar-refractivity contribution >= 4 is 12.4 Å². The van der Waals surface area contributed by atoms with Gasteiger partial charge in [0, 0.05) is 6.54 Å². The molecule has 2 aromatic carbocycles. The van der Waals surface area contributed by atoms with Crippen LogP contribution in [0.4, 0.5) is 0 Å². The molecule has 0 bridgehead atoms. The summed E-state index contributed by atoms with van der Waals surface area (Å²) in [6.07, 6.45) is 2.35. The summed E-state index contributed by atoms with van der Waals surface area (Å²) in [5.74, 6) is 0.608. The second-order valence-electron chi connectivity index (χ2n) is 5.39. The third-order valence-corrected chi connectivity index (χ3v) is 3.48. The average Bonchev–Trinajstić information content (AvgIpc) is 2.45. The highest BCUT2D eigenvalue weighted by molar-refractivity contribution is 5.85. The minimum Gasteiger partial charge on any atom is -0.309 e.